The van der Waals surface area contributed by atoms with E-state index in [9.17, 15) is 14.4 Å². The maximum absolute atomic E-state index is 12.7. The van der Waals surface area contributed by atoms with Crippen LogP contribution in [0.25, 0.3) is 11.1 Å². The molecule has 2 N–H and O–H groups in total. The van der Waals surface area contributed by atoms with E-state index in [2.05, 4.69) is 29.6 Å². The molecule has 1 aliphatic carbocycles. The van der Waals surface area contributed by atoms with Gasteiger partial charge in [-0.05, 0) is 42.0 Å². The number of ether oxygens (including phenoxy) is 1. The summed E-state index contributed by atoms with van der Waals surface area (Å²) in [6.07, 6.45) is 0.690. The third kappa shape index (κ3) is 5.92. The van der Waals surface area contributed by atoms with Crippen LogP contribution in [0.1, 0.15) is 50.2 Å². The molecule has 0 aromatic heterocycles. The summed E-state index contributed by atoms with van der Waals surface area (Å²) < 4.78 is 5.57. The number of aliphatic carboxylic acids is 1. The monoisotopic (exact) mass is 452 g/mol. The summed E-state index contributed by atoms with van der Waals surface area (Å²) in [4.78, 5) is 37.3. The number of hydrogen-bond donors (Lipinski definition) is 2. The summed E-state index contributed by atoms with van der Waals surface area (Å²) in [6, 6.07) is 15.9. The standard InChI is InChI=1S/C26H32N2O5/c1-17(25(31)28(3)15-9-8-14-24(29)30)18(2)27-26(32)33-16-23-21-12-6-4-10-19(21)20-11-5-7-13-22(20)23/h4-7,10-13,17-18,23H,8-9,14-16H2,1-3H3,(H,27,32)(H,29,30). The van der Waals surface area contributed by atoms with Crippen LogP contribution >= 0.6 is 0 Å². The van der Waals surface area contributed by atoms with E-state index in [1.54, 1.807) is 25.8 Å². The Balaban J connectivity index is 1.50. The van der Waals surface area contributed by atoms with Crippen molar-refractivity contribution >= 4 is 18.0 Å². The fraction of sp³-hybridized carbons (Fsp3) is 0.423. The molecule has 3 rings (SSSR count). The van der Waals surface area contributed by atoms with E-state index in [0.29, 0.717) is 19.4 Å². The predicted octanol–water partition coefficient (Wildman–Crippen LogP) is 4.26. The zero-order valence-electron chi connectivity index (χ0n) is 19.4. The molecule has 0 aliphatic heterocycles. The predicted molar refractivity (Wildman–Crippen MR) is 126 cm³/mol. The van der Waals surface area contributed by atoms with E-state index >= 15 is 0 Å². The molecule has 2 aromatic rings. The number of carboxylic acids is 1. The van der Waals surface area contributed by atoms with Gasteiger partial charge in [-0.25, -0.2) is 4.79 Å². The molecule has 0 saturated heterocycles. The highest BCUT2D eigenvalue weighted by Gasteiger charge is 2.30. The first-order valence-corrected chi connectivity index (χ1v) is 11.4. The van der Waals surface area contributed by atoms with Gasteiger partial charge in [0.15, 0.2) is 0 Å². The van der Waals surface area contributed by atoms with Crippen molar-refractivity contribution in [1.82, 2.24) is 10.2 Å². The van der Waals surface area contributed by atoms with Gasteiger partial charge in [0.1, 0.15) is 6.61 Å². The normalized spacial score (nSPS) is 14.0. The number of nitrogens with zero attached hydrogens (tertiary/aromatic N) is 1. The Bertz CT molecular complexity index is 960. The maximum Gasteiger partial charge on any atom is 0.407 e. The van der Waals surface area contributed by atoms with Crippen molar-refractivity contribution in [2.45, 2.75) is 45.1 Å². The summed E-state index contributed by atoms with van der Waals surface area (Å²) in [6.45, 7) is 4.25. The van der Waals surface area contributed by atoms with Crippen LogP contribution in [0, 0.1) is 5.92 Å². The number of carbonyl (C=O) groups is 3. The maximum atomic E-state index is 12.7. The molecular formula is C26H32N2O5. The van der Waals surface area contributed by atoms with Crippen molar-refractivity contribution in [2.24, 2.45) is 5.92 Å². The molecule has 2 aromatic carbocycles. The second-order valence-electron chi connectivity index (χ2n) is 8.66. The average molecular weight is 453 g/mol. The number of alkyl carbamates (subject to hydrolysis) is 1. The molecular weight excluding hydrogens is 420 g/mol. The minimum absolute atomic E-state index is 0.0190. The molecule has 1 aliphatic rings. The second-order valence-corrected chi connectivity index (χ2v) is 8.66. The molecule has 0 fully saturated rings. The molecule has 0 spiro atoms. The average Bonchev–Trinajstić information content (AvgIpc) is 3.13. The number of unbranched alkanes of at least 4 members (excludes halogenated alkanes) is 1. The van der Waals surface area contributed by atoms with Gasteiger partial charge in [-0.3, -0.25) is 9.59 Å². The molecule has 176 valence electrons. The van der Waals surface area contributed by atoms with Crippen LogP contribution in [0.3, 0.4) is 0 Å². The van der Waals surface area contributed by atoms with Gasteiger partial charge in [0.25, 0.3) is 0 Å². The molecule has 0 saturated carbocycles. The Kier molecular flexibility index (Phi) is 8.09. The quantitative estimate of drug-likeness (QED) is 0.525. The molecule has 33 heavy (non-hydrogen) atoms. The largest absolute Gasteiger partial charge is 0.481 e. The SMILES string of the molecule is CC(NC(=O)OCC1c2ccccc2-c2ccccc21)C(C)C(=O)N(C)CCCCC(=O)O. The second kappa shape index (κ2) is 11.0. The van der Waals surface area contributed by atoms with E-state index < -0.39 is 24.0 Å². The zero-order valence-corrected chi connectivity index (χ0v) is 19.4. The van der Waals surface area contributed by atoms with Crippen molar-refractivity contribution < 1.29 is 24.2 Å². The van der Waals surface area contributed by atoms with E-state index in [4.69, 9.17) is 9.84 Å². The van der Waals surface area contributed by atoms with Crippen LogP contribution in [-0.4, -0.2) is 54.2 Å². The summed E-state index contributed by atoms with van der Waals surface area (Å²) in [5, 5.41) is 11.5. The summed E-state index contributed by atoms with van der Waals surface area (Å²) in [7, 11) is 1.69. The summed E-state index contributed by atoms with van der Waals surface area (Å²) in [5.74, 6) is -1.39. The van der Waals surface area contributed by atoms with Crippen molar-refractivity contribution in [3.05, 3.63) is 59.7 Å². The first kappa shape index (κ1) is 24.3. The van der Waals surface area contributed by atoms with Crippen molar-refractivity contribution in [1.29, 1.82) is 0 Å². The number of rotatable bonds is 10. The molecule has 0 heterocycles. The highest BCUT2D eigenvalue weighted by atomic mass is 16.5. The van der Waals surface area contributed by atoms with Gasteiger partial charge >= 0.3 is 12.1 Å². The number of carbonyl (C=O) groups excluding carboxylic acids is 2. The zero-order chi connectivity index (χ0) is 24.0. The van der Waals surface area contributed by atoms with Gasteiger partial charge in [0, 0.05) is 32.0 Å². The Hall–Kier alpha value is -3.35. The van der Waals surface area contributed by atoms with Crippen LogP contribution in [0.4, 0.5) is 4.79 Å². The van der Waals surface area contributed by atoms with Crippen LogP contribution < -0.4 is 5.32 Å². The first-order chi connectivity index (χ1) is 15.8. The van der Waals surface area contributed by atoms with Crippen molar-refractivity contribution in [3.63, 3.8) is 0 Å². The molecule has 7 nitrogen and oxygen atoms in total. The molecule has 0 bridgehead atoms. The number of benzene rings is 2. The summed E-state index contributed by atoms with van der Waals surface area (Å²) in [5.41, 5.74) is 4.63. The van der Waals surface area contributed by atoms with Gasteiger partial charge in [-0.1, -0.05) is 55.5 Å². The smallest absolute Gasteiger partial charge is 0.407 e. The lowest BCUT2D eigenvalue weighted by Crippen LogP contribution is -2.45. The van der Waals surface area contributed by atoms with Crippen LogP contribution in [0.5, 0.6) is 0 Å². The Morgan fingerprint density at radius 2 is 1.58 bits per heavy atom. The van der Waals surface area contributed by atoms with Crippen LogP contribution in [0.2, 0.25) is 0 Å². The molecule has 0 radical (unpaired) electrons. The number of amides is 2. The Morgan fingerprint density at radius 3 is 2.15 bits per heavy atom. The first-order valence-electron chi connectivity index (χ1n) is 11.4. The molecule has 2 atom stereocenters. The Labute approximate surface area is 194 Å². The Morgan fingerprint density at radius 1 is 1.00 bits per heavy atom. The fourth-order valence-electron chi connectivity index (χ4n) is 4.25. The third-order valence-corrected chi connectivity index (χ3v) is 6.34. The van der Waals surface area contributed by atoms with E-state index in [-0.39, 0.29) is 24.9 Å². The highest BCUT2D eigenvalue weighted by molar-refractivity contribution is 5.80. The van der Waals surface area contributed by atoms with E-state index in [1.807, 2.05) is 24.3 Å². The lowest BCUT2D eigenvalue weighted by molar-refractivity contribution is -0.137. The lowest BCUT2D eigenvalue weighted by Gasteiger charge is -2.26. The van der Waals surface area contributed by atoms with Crippen LogP contribution in [-0.2, 0) is 14.3 Å². The number of nitrogens with one attached hydrogen (secondary N) is 1. The third-order valence-electron chi connectivity index (χ3n) is 6.34. The van der Waals surface area contributed by atoms with Gasteiger partial charge in [-0.2, -0.15) is 0 Å². The van der Waals surface area contributed by atoms with E-state index in [1.165, 1.54) is 11.1 Å². The topological polar surface area (TPSA) is 95.9 Å². The number of carboxylic acid groups (broad SMARTS) is 1. The van der Waals surface area contributed by atoms with Crippen molar-refractivity contribution in [3.8, 4) is 11.1 Å². The lowest BCUT2D eigenvalue weighted by atomic mass is 9.98. The van der Waals surface area contributed by atoms with Gasteiger partial charge in [0.05, 0.1) is 5.92 Å². The van der Waals surface area contributed by atoms with Gasteiger partial charge < -0.3 is 20.1 Å². The number of hydrogen-bond acceptors (Lipinski definition) is 4. The molecule has 2 amide bonds. The van der Waals surface area contributed by atoms with Gasteiger partial charge in [0.2, 0.25) is 5.91 Å². The minimum Gasteiger partial charge on any atom is -0.481 e. The van der Waals surface area contributed by atoms with Crippen LogP contribution in [0.15, 0.2) is 48.5 Å². The number of fused-ring (bicyclic) bond motifs is 3. The fourth-order valence-corrected chi connectivity index (χ4v) is 4.25. The molecule has 2 unspecified atom stereocenters. The highest BCUT2D eigenvalue weighted by Crippen LogP contribution is 2.44. The molecule has 7 heteroatoms. The van der Waals surface area contributed by atoms with E-state index in [0.717, 1.165) is 11.1 Å². The van der Waals surface area contributed by atoms with Gasteiger partial charge in [-0.15, -0.1) is 0 Å². The summed E-state index contributed by atoms with van der Waals surface area (Å²) >= 11 is 0. The van der Waals surface area contributed by atoms with Crippen molar-refractivity contribution in [2.75, 3.05) is 20.2 Å². The minimum atomic E-state index is -0.835.